The van der Waals surface area contributed by atoms with Gasteiger partial charge in [0, 0.05) is 18.9 Å². The Morgan fingerprint density at radius 2 is 1.74 bits per heavy atom. The molecule has 1 fully saturated rings. The summed E-state index contributed by atoms with van der Waals surface area (Å²) in [5, 5.41) is 12.5. The lowest BCUT2D eigenvalue weighted by Crippen LogP contribution is -2.44. The van der Waals surface area contributed by atoms with Crippen molar-refractivity contribution in [1.29, 1.82) is 0 Å². The molecule has 1 unspecified atom stereocenters. The molecule has 16 heteroatoms. The minimum Gasteiger partial charge on any atom is -0.488 e. The summed E-state index contributed by atoms with van der Waals surface area (Å²) in [5.74, 6) is -2.18. The number of hydrogen-bond acceptors (Lipinski definition) is 9. The maximum absolute atomic E-state index is 14.0. The number of rotatable bonds is 14. The number of nitrogens with zero attached hydrogens (tertiary/aromatic N) is 3. The predicted octanol–water partition coefficient (Wildman–Crippen LogP) is 3.43. The number of imidazole rings is 1. The summed E-state index contributed by atoms with van der Waals surface area (Å²) in [6, 6.07) is 8.80. The summed E-state index contributed by atoms with van der Waals surface area (Å²) in [7, 11) is -8.09. The second-order valence-electron chi connectivity index (χ2n) is 11.1. The van der Waals surface area contributed by atoms with Gasteiger partial charge in [-0.3, -0.25) is 14.1 Å². The van der Waals surface area contributed by atoms with Crippen molar-refractivity contribution in [2.24, 2.45) is 0 Å². The van der Waals surface area contributed by atoms with Crippen molar-refractivity contribution in [3.8, 4) is 5.75 Å². The van der Waals surface area contributed by atoms with Crippen LogP contribution in [0.5, 0.6) is 5.75 Å². The van der Waals surface area contributed by atoms with E-state index in [-0.39, 0.29) is 29.2 Å². The maximum atomic E-state index is 14.0. The van der Waals surface area contributed by atoms with E-state index in [0.717, 1.165) is 31.6 Å². The van der Waals surface area contributed by atoms with Crippen LogP contribution < -0.4 is 10.1 Å². The zero-order valence-electron chi connectivity index (χ0n) is 25.3. The Kier molecular flexibility index (Phi) is 10.9. The molecule has 3 N–H and O–H groups in total. The summed E-state index contributed by atoms with van der Waals surface area (Å²) in [6.45, 7) is 2.02. The van der Waals surface area contributed by atoms with Crippen LogP contribution in [-0.2, 0) is 29.5 Å². The van der Waals surface area contributed by atoms with Crippen LogP contribution in [0.4, 0.5) is 5.82 Å². The van der Waals surface area contributed by atoms with Crippen molar-refractivity contribution >= 4 is 43.6 Å². The van der Waals surface area contributed by atoms with Crippen LogP contribution in [0.15, 0.2) is 70.8 Å². The van der Waals surface area contributed by atoms with Gasteiger partial charge >= 0.3 is 5.97 Å². The highest BCUT2D eigenvalue weighted by Crippen LogP contribution is 2.29. The van der Waals surface area contributed by atoms with E-state index in [1.807, 2.05) is 6.92 Å². The van der Waals surface area contributed by atoms with Gasteiger partial charge in [-0.05, 0) is 42.8 Å². The summed E-state index contributed by atoms with van der Waals surface area (Å²) in [4.78, 5) is 44.1. The Balaban J connectivity index is 1.54. The first kappa shape index (κ1) is 34.6. The Morgan fingerprint density at radius 3 is 2.37 bits per heavy atom. The van der Waals surface area contributed by atoms with E-state index >= 15 is 0 Å². The van der Waals surface area contributed by atoms with E-state index < -0.39 is 60.8 Å². The van der Waals surface area contributed by atoms with Gasteiger partial charge in [0.25, 0.3) is 16.0 Å². The first-order valence-electron chi connectivity index (χ1n) is 14.6. The smallest absolute Gasteiger partial charge is 0.326 e. The van der Waals surface area contributed by atoms with E-state index in [1.165, 1.54) is 64.5 Å². The highest BCUT2D eigenvalue weighted by atomic mass is 32.2. The third-order valence-electron chi connectivity index (χ3n) is 7.61. The van der Waals surface area contributed by atoms with Gasteiger partial charge in [0.15, 0.2) is 15.7 Å². The summed E-state index contributed by atoms with van der Waals surface area (Å²) >= 11 is 0. The normalized spacial score (nSPS) is 17.4. The number of aliphatic carboxylic acids is 1. The number of carboxylic acid groups (broad SMARTS) is 1. The van der Waals surface area contributed by atoms with Crippen molar-refractivity contribution in [3.05, 3.63) is 66.6 Å². The van der Waals surface area contributed by atoms with Gasteiger partial charge in [-0.15, -0.1) is 0 Å². The lowest BCUT2D eigenvalue weighted by atomic mass is 10.1. The number of nitrogens with one attached hydrogen (secondary N) is 1. The van der Waals surface area contributed by atoms with Gasteiger partial charge in [0.1, 0.15) is 28.8 Å². The number of aromatic nitrogens is 2. The van der Waals surface area contributed by atoms with Crippen LogP contribution in [-0.4, -0.2) is 83.7 Å². The molecule has 248 valence electrons. The zero-order valence-corrected chi connectivity index (χ0v) is 26.9. The van der Waals surface area contributed by atoms with Crippen LogP contribution in [0.1, 0.15) is 61.8 Å². The van der Waals surface area contributed by atoms with Gasteiger partial charge in [-0.2, -0.15) is 8.42 Å². The number of carbonyl (C=O) groups is 3. The third-order valence-corrected chi connectivity index (χ3v) is 9.65. The van der Waals surface area contributed by atoms with Crippen molar-refractivity contribution in [3.63, 3.8) is 0 Å². The summed E-state index contributed by atoms with van der Waals surface area (Å²) in [5.41, 5.74) is -0.301. The molecule has 2 heterocycles. The quantitative estimate of drug-likeness (QED) is 0.167. The summed E-state index contributed by atoms with van der Waals surface area (Å²) in [6.07, 6.45) is 6.90. The monoisotopic (exact) mass is 676 g/mol. The number of carboxylic acids is 1. The van der Waals surface area contributed by atoms with Crippen LogP contribution in [0.3, 0.4) is 0 Å². The number of carbonyl (C=O) groups excluding carboxylic acids is 2. The number of amides is 2. The van der Waals surface area contributed by atoms with Gasteiger partial charge in [0.2, 0.25) is 5.91 Å². The van der Waals surface area contributed by atoms with Crippen molar-refractivity contribution in [2.75, 3.05) is 18.1 Å². The molecule has 2 aromatic carbocycles. The predicted molar refractivity (Wildman–Crippen MR) is 166 cm³/mol. The average Bonchev–Trinajstić information content (AvgIpc) is 3.64. The first-order chi connectivity index (χ1) is 21.7. The topological polar surface area (TPSA) is 202 Å². The molecule has 0 bridgehead atoms. The molecular formula is C30H36N4O10S2. The van der Waals surface area contributed by atoms with Crippen LogP contribution in [0.2, 0.25) is 0 Å². The Morgan fingerprint density at radius 1 is 1.04 bits per heavy atom. The molecule has 2 amide bonds. The van der Waals surface area contributed by atoms with E-state index in [1.54, 1.807) is 0 Å². The second-order valence-corrected chi connectivity index (χ2v) is 14.5. The van der Waals surface area contributed by atoms with E-state index in [2.05, 4.69) is 10.3 Å². The zero-order chi connectivity index (χ0) is 33.6. The van der Waals surface area contributed by atoms with Crippen molar-refractivity contribution < 1.29 is 45.6 Å². The molecule has 1 saturated heterocycles. The van der Waals surface area contributed by atoms with Crippen LogP contribution in [0.25, 0.3) is 0 Å². The standard InChI is InChI=1S/C30H36N4O10S2/c1-3-4-5-6-10-24(33-18-27(31-19-33)32-28(35)23-9-7-8-11-26(23)46(41,42)43)29(36)34-17-21(16-25(34)30(37)38)44-20-12-14-22(15-13-20)45(2,39)40/h7-9,11-15,18-19,21,24-25H,3-6,10,16-17H2,1-2H3,(H,32,35)(H,37,38)(H,41,42,43)/t21-,24?,25-/m0/s1. The molecule has 14 nitrogen and oxygen atoms in total. The third kappa shape index (κ3) is 8.50. The van der Waals surface area contributed by atoms with Gasteiger partial charge < -0.3 is 24.6 Å². The molecule has 0 spiro atoms. The van der Waals surface area contributed by atoms with Crippen molar-refractivity contribution in [1.82, 2.24) is 14.5 Å². The summed E-state index contributed by atoms with van der Waals surface area (Å²) < 4.78 is 64.0. The van der Waals surface area contributed by atoms with E-state index in [0.29, 0.717) is 18.6 Å². The lowest BCUT2D eigenvalue weighted by molar-refractivity contribution is -0.149. The number of hydrogen-bond donors (Lipinski definition) is 3. The fraction of sp³-hybridized carbons (Fsp3) is 0.400. The fourth-order valence-corrected chi connectivity index (χ4v) is 6.63. The molecule has 1 aromatic heterocycles. The van der Waals surface area contributed by atoms with E-state index in [4.69, 9.17) is 4.74 Å². The molecule has 0 radical (unpaired) electrons. The van der Waals surface area contributed by atoms with Gasteiger partial charge in [0.05, 0.1) is 23.3 Å². The number of benzene rings is 2. The molecule has 1 aliphatic heterocycles. The minimum absolute atomic E-state index is 0.00979. The Hall–Kier alpha value is -4.28. The lowest BCUT2D eigenvalue weighted by Gasteiger charge is -2.27. The molecule has 0 saturated carbocycles. The second kappa shape index (κ2) is 14.4. The van der Waals surface area contributed by atoms with E-state index in [9.17, 15) is 40.9 Å². The number of anilines is 1. The molecule has 3 atom stereocenters. The Bertz CT molecular complexity index is 1790. The van der Waals surface area contributed by atoms with Crippen LogP contribution >= 0.6 is 0 Å². The van der Waals surface area contributed by atoms with Gasteiger partial charge in [-0.25, -0.2) is 18.2 Å². The van der Waals surface area contributed by atoms with Crippen molar-refractivity contribution in [2.45, 2.75) is 73.4 Å². The molecule has 1 aliphatic rings. The number of sulfone groups is 1. The number of ether oxygens (including phenoxy) is 1. The maximum Gasteiger partial charge on any atom is 0.326 e. The highest BCUT2D eigenvalue weighted by Gasteiger charge is 2.43. The molecular weight excluding hydrogens is 640 g/mol. The minimum atomic E-state index is -4.68. The molecule has 46 heavy (non-hydrogen) atoms. The largest absolute Gasteiger partial charge is 0.488 e. The molecule has 3 aromatic rings. The highest BCUT2D eigenvalue weighted by molar-refractivity contribution is 7.90. The molecule has 0 aliphatic carbocycles. The fourth-order valence-electron chi connectivity index (χ4n) is 5.31. The number of unbranched alkanes of at least 4 members (excludes halogenated alkanes) is 3. The number of likely N-dealkylation sites (tertiary alicyclic amines) is 1. The average molecular weight is 677 g/mol. The SMILES string of the molecule is CCCCCCC(C(=O)N1C[C@@H](Oc2ccc(S(C)(=O)=O)cc2)C[C@H]1C(=O)O)n1cnc(NC(=O)c2ccccc2S(=O)(=O)O)c1. The first-order valence-corrected chi connectivity index (χ1v) is 17.9. The van der Waals surface area contributed by atoms with Crippen LogP contribution in [0, 0.1) is 0 Å². The molecule has 4 rings (SSSR count). The Labute approximate surface area is 267 Å². The van der Waals surface area contributed by atoms with Gasteiger partial charge in [-0.1, -0.05) is 44.7 Å².